The van der Waals surface area contributed by atoms with Crippen LogP contribution in [0.2, 0.25) is 0 Å². The summed E-state index contributed by atoms with van der Waals surface area (Å²) in [5, 5.41) is 3.39. The molecule has 0 aliphatic carbocycles. The molecule has 2 aromatic carbocycles. The van der Waals surface area contributed by atoms with Crippen molar-refractivity contribution in [2.45, 2.75) is 25.1 Å². The van der Waals surface area contributed by atoms with E-state index in [4.69, 9.17) is 0 Å². The van der Waals surface area contributed by atoms with Crippen LogP contribution in [0.3, 0.4) is 0 Å². The Morgan fingerprint density at radius 3 is 2.27 bits per heavy atom. The highest BCUT2D eigenvalue weighted by Gasteiger charge is 2.34. The first-order valence-corrected chi connectivity index (χ1v) is 8.27. The van der Waals surface area contributed by atoms with Gasteiger partial charge in [0.25, 0.3) is 0 Å². The maximum Gasteiger partial charge on any atom is 0.416 e. The molecule has 136 valence electrons. The fourth-order valence-corrected chi connectivity index (χ4v) is 3.26. The van der Waals surface area contributed by atoms with E-state index in [1.54, 1.807) is 6.07 Å². The third kappa shape index (κ3) is 3.34. The van der Waals surface area contributed by atoms with Gasteiger partial charge in [0, 0.05) is 19.2 Å². The first-order valence-electron chi connectivity index (χ1n) is 8.27. The second-order valence-electron chi connectivity index (χ2n) is 6.87. The van der Waals surface area contributed by atoms with Crippen LogP contribution < -0.4 is 5.32 Å². The smallest absolute Gasteiger partial charge is 0.362 e. The highest BCUT2D eigenvalue weighted by atomic mass is 19.4. The molecule has 0 unspecified atom stereocenters. The maximum absolute atomic E-state index is 13.0. The molecule has 0 saturated carbocycles. The summed E-state index contributed by atoms with van der Waals surface area (Å²) >= 11 is 0. The van der Waals surface area contributed by atoms with E-state index in [0.29, 0.717) is 12.0 Å². The van der Waals surface area contributed by atoms with E-state index in [9.17, 15) is 13.2 Å². The fraction of sp³-hybridized carbons (Fsp3) is 0.238. The number of rotatable bonds is 2. The highest BCUT2D eigenvalue weighted by molar-refractivity contribution is 5.65. The molecule has 0 bridgehead atoms. The van der Waals surface area contributed by atoms with Gasteiger partial charge in [0.15, 0.2) is 0 Å². The summed E-state index contributed by atoms with van der Waals surface area (Å²) < 4.78 is 39.0. The topological polar surface area (TPSA) is 15.3 Å². The number of benzene rings is 2. The Bertz CT molecular complexity index is 850. The molecule has 2 nitrogen and oxygen atoms in total. The molecule has 2 aromatic rings. The van der Waals surface area contributed by atoms with E-state index in [-0.39, 0.29) is 0 Å². The zero-order valence-electron chi connectivity index (χ0n) is 14.8. The predicted octanol–water partition coefficient (Wildman–Crippen LogP) is 5.50. The molecule has 1 saturated heterocycles. The van der Waals surface area contributed by atoms with Crippen LogP contribution in [0.15, 0.2) is 73.2 Å². The van der Waals surface area contributed by atoms with Crippen molar-refractivity contribution in [2.75, 3.05) is 7.05 Å². The second kappa shape index (κ2) is 6.24. The maximum atomic E-state index is 13.0. The van der Waals surface area contributed by atoms with Gasteiger partial charge in [-0.2, -0.15) is 13.2 Å². The molecule has 1 aliphatic rings. The lowest BCUT2D eigenvalue weighted by molar-refractivity contribution is -0.137. The lowest BCUT2D eigenvalue weighted by atomic mass is 9.84. The van der Waals surface area contributed by atoms with Gasteiger partial charge in [-0.25, -0.2) is 0 Å². The molecule has 3 rings (SSSR count). The number of halogens is 3. The standard InChI is InChI=1S/C21H21F3N2/c1-14-13-20(3,25-15(2)26(14)4)18-9-5-7-16(11-18)17-8-6-10-19(12-17)21(22,23)24/h5-12,25H,1-2,13H2,3-4H3/t20-/m0/s1. The van der Waals surface area contributed by atoms with E-state index >= 15 is 0 Å². The second-order valence-corrected chi connectivity index (χ2v) is 6.87. The lowest BCUT2D eigenvalue weighted by Gasteiger charge is -2.43. The van der Waals surface area contributed by atoms with Crippen molar-refractivity contribution in [3.63, 3.8) is 0 Å². The average Bonchev–Trinajstić information content (AvgIpc) is 2.59. The number of nitrogens with one attached hydrogen (secondary N) is 1. The minimum Gasteiger partial charge on any atom is -0.362 e. The van der Waals surface area contributed by atoms with Gasteiger partial charge in [0.05, 0.1) is 16.9 Å². The van der Waals surface area contributed by atoms with Crippen molar-refractivity contribution >= 4 is 0 Å². The van der Waals surface area contributed by atoms with Gasteiger partial charge in [-0.05, 0) is 41.8 Å². The van der Waals surface area contributed by atoms with Crippen LogP contribution in [0.1, 0.15) is 24.5 Å². The molecule has 1 heterocycles. The van der Waals surface area contributed by atoms with E-state index in [0.717, 1.165) is 28.7 Å². The molecule has 1 N–H and O–H groups in total. The van der Waals surface area contributed by atoms with E-state index in [1.165, 1.54) is 12.1 Å². The number of alkyl halides is 3. The zero-order chi connectivity index (χ0) is 19.1. The van der Waals surface area contributed by atoms with Crippen molar-refractivity contribution < 1.29 is 13.2 Å². The summed E-state index contributed by atoms with van der Waals surface area (Å²) in [4.78, 5) is 1.90. The summed E-state index contributed by atoms with van der Waals surface area (Å²) in [5.74, 6) is 0.744. The van der Waals surface area contributed by atoms with Crippen LogP contribution in [0.5, 0.6) is 0 Å². The Morgan fingerprint density at radius 1 is 1.04 bits per heavy atom. The van der Waals surface area contributed by atoms with Gasteiger partial charge in [0.2, 0.25) is 0 Å². The van der Waals surface area contributed by atoms with Gasteiger partial charge in [0.1, 0.15) is 0 Å². The molecule has 0 amide bonds. The third-order valence-electron chi connectivity index (χ3n) is 4.88. The van der Waals surface area contributed by atoms with E-state index < -0.39 is 17.3 Å². The first-order chi connectivity index (χ1) is 12.1. The monoisotopic (exact) mass is 358 g/mol. The first kappa shape index (κ1) is 18.1. The molecule has 1 atom stereocenters. The van der Waals surface area contributed by atoms with Gasteiger partial charge < -0.3 is 10.2 Å². The number of hydrogen-bond acceptors (Lipinski definition) is 2. The largest absolute Gasteiger partial charge is 0.416 e. The van der Waals surface area contributed by atoms with Crippen molar-refractivity contribution in [3.8, 4) is 11.1 Å². The van der Waals surface area contributed by atoms with Gasteiger partial charge in [-0.1, -0.05) is 43.5 Å². The normalized spacial score (nSPS) is 20.9. The Labute approximate surface area is 151 Å². The molecule has 1 fully saturated rings. The molecule has 1 aliphatic heterocycles. The summed E-state index contributed by atoms with van der Waals surface area (Å²) in [5.41, 5.74) is 2.12. The minimum absolute atomic E-state index is 0.418. The van der Waals surface area contributed by atoms with Crippen molar-refractivity contribution in [1.82, 2.24) is 10.2 Å². The van der Waals surface area contributed by atoms with Crippen LogP contribution in [-0.4, -0.2) is 11.9 Å². The molecule has 0 spiro atoms. The number of hydrogen-bond donors (Lipinski definition) is 1. The van der Waals surface area contributed by atoms with Crippen molar-refractivity contribution in [1.29, 1.82) is 0 Å². The summed E-state index contributed by atoms with van der Waals surface area (Å²) in [7, 11) is 1.90. The fourth-order valence-electron chi connectivity index (χ4n) is 3.26. The van der Waals surface area contributed by atoms with Crippen molar-refractivity contribution in [2.24, 2.45) is 0 Å². The third-order valence-corrected chi connectivity index (χ3v) is 4.88. The van der Waals surface area contributed by atoms with Crippen LogP contribution in [0.4, 0.5) is 13.2 Å². The van der Waals surface area contributed by atoms with Gasteiger partial charge >= 0.3 is 6.18 Å². The molecular weight excluding hydrogens is 337 g/mol. The van der Waals surface area contributed by atoms with Crippen LogP contribution in [-0.2, 0) is 11.7 Å². The number of nitrogens with zero attached hydrogens (tertiary/aromatic N) is 1. The molecule has 5 heteroatoms. The summed E-state index contributed by atoms with van der Waals surface area (Å²) in [6.45, 7) is 10.1. The molecular formula is C21H21F3N2. The Hall–Kier alpha value is -2.69. The summed E-state index contributed by atoms with van der Waals surface area (Å²) in [6, 6.07) is 13.0. The Morgan fingerprint density at radius 2 is 1.65 bits per heavy atom. The Kier molecular flexibility index (Phi) is 4.34. The quantitative estimate of drug-likeness (QED) is 0.763. The average molecular weight is 358 g/mol. The SMILES string of the molecule is C=C1C[C@@](C)(c2cccc(-c3cccc(C(F)(F)F)c3)c2)NC(=C)N1C. The predicted molar refractivity (Wildman–Crippen MR) is 98.0 cm³/mol. The molecule has 26 heavy (non-hydrogen) atoms. The van der Waals surface area contributed by atoms with Crippen molar-refractivity contribution in [3.05, 3.63) is 84.3 Å². The lowest BCUT2D eigenvalue weighted by Crippen LogP contribution is -2.48. The highest BCUT2D eigenvalue weighted by Crippen LogP contribution is 2.37. The van der Waals surface area contributed by atoms with E-state index in [2.05, 4.69) is 18.5 Å². The van der Waals surface area contributed by atoms with Crippen LogP contribution >= 0.6 is 0 Å². The molecule has 0 aromatic heterocycles. The van der Waals surface area contributed by atoms with Crippen LogP contribution in [0, 0.1) is 0 Å². The van der Waals surface area contributed by atoms with Gasteiger partial charge in [-0.3, -0.25) is 0 Å². The van der Waals surface area contributed by atoms with Gasteiger partial charge in [-0.15, -0.1) is 0 Å². The summed E-state index contributed by atoms with van der Waals surface area (Å²) in [6.07, 6.45) is -3.68. The Balaban J connectivity index is 1.99. The zero-order valence-corrected chi connectivity index (χ0v) is 14.8. The minimum atomic E-state index is -4.36. The van der Waals surface area contributed by atoms with E-state index in [1.807, 2.05) is 43.1 Å². The molecule has 0 radical (unpaired) electrons. The van der Waals surface area contributed by atoms with Crippen LogP contribution in [0.25, 0.3) is 11.1 Å².